The molecular formula is C11H24N2S. The Labute approximate surface area is 92.8 Å². The van der Waals surface area contributed by atoms with E-state index in [0.29, 0.717) is 0 Å². The average molecular weight is 216 g/mol. The monoisotopic (exact) mass is 216 g/mol. The molecule has 0 aromatic rings. The van der Waals surface area contributed by atoms with Crippen molar-refractivity contribution >= 4 is 11.8 Å². The highest BCUT2D eigenvalue weighted by Gasteiger charge is 2.13. The maximum Gasteiger partial charge on any atom is 0.0194 e. The second-order valence-corrected chi connectivity index (χ2v) is 5.24. The van der Waals surface area contributed by atoms with Crippen molar-refractivity contribution in [1.82, 2.24) is 10.2 Å². The van der Waals surface area contributed by atoms with E-state index < -0.39 is 0 Å². The lowest BCUT2D eigenvalue weighted by Crippen LogP contribution is -2.42. The Morgan fingerprint density at radius 3 is 2.93 bits per heavy atom. The van der Waals surface area contributed by atoms with Gasteiger partial charge in [-0.15, -0.1) is 0 Å². The van der Waals surface area contributed by atoms with E-state index in [4.69, 9.17) is 0 Å². The van der Waals surface area contributed by atoms with E-state index in [1.807, 2.05) is 11.8 Å². The second-order valence-electron chi connectivity index (χ2n) is 4.26. The Kier molecular flexibility index (Phi) is 6.65. The van der Waals surface area contributed by atoms with E-state index >= 15 is 0 Å². The summed E-state index contributed by atoms with van der Waals surface area (Å²) in [5.74, 6) is 1.29. The highest BCUT2D eigenvalue weighted by atomic mass is 32.2. The molecule has 0 spiro atoms. The SMILES string of the molecule is CSCCCN(C)CC1CCCCN1. The molecule has 1 rings (SSSR count). The number of hydrogen-bond acceptors (Lipinski definition) is 3. The standard InChI is InChI=1S/C11H24N2S/c1-13(8-5-9-14-2)10-11-6-3-4-7-12-11/h11-12H,3-10H2,1-2H3. The van der Waals surface area contributed by atoms with Gasteiger partial charge in [-0.2, -0.15) is 11.8 Å². The molecule has 1 saturated heterocycles. The highest BCUT2D eigenvalue weighted by molar-refractivity contribution is 7.98. The molecule has 84 valence electrons. The molecule has 2 nitrogen and oxygen atoms in total. The molecule has 1 unspecified atom stereocenters. The minimum absolute atomic E-state index is 0.753. The molecule has 1 heterocycles. The van der Waals surface area contributed by atoms with Crippen molar-refractivity contribution in [3.63, 3.8) is 0 Å². The first-order valence-electron chi connectivity index (χ1n) is 5.74. The maximum absolute atomic E-state index is 3.59. The van der Waals surface area contributed by atoms with Gasteiger partial charge in [0.2, 0.25) is 0 Å². The first kappa shape index (κ1) is 12.3. The number of likely N-dealkylation sites (N-methyl/N-ethyl adjacent to an activating group) is 1. The summed E-state index contributed by atoms with van der Waals surface area (Å²) in [5, 5.41) is 3.59. The van der Waals surface area contributed by atoms with Gasteiger partial charge in [0.1, 0.15) is 0 Å². The van der Waals surface area contributed by atoms with Crippen LogP contribution in [0, 0.1) is 0 Å². The molecule has 1 N–H and O–H groups in total. The Morgan fingerprint density at radius 2 is 2.29 bits per heavy atom. The summed E-state index contributed by atoms with van der Waals surface area (Å²) in [6.07, 6.45) is 7.66. The number of piperidine rings is 1. The van der Waals surface area contributed by atoms with E-state index in [0.717, 1.165) is 6.04 Å². The van der Waals surface area contributed by atoms with Gasteiger partial charge in [0, 0.05) is 12.6 Å². The zero-order valence-corrected chi connectivity index (χ0v) is 10.4. The molecule has 1 atom stereocenters. The van der Waals surface area contributed by atoms with Crippen LogP contribution in [0.15, 0.2) is 0 Å². The summed E-state index contributed by atoms with van der Waals surface area (Å²) >= 11 is 1.95. The predicted octanol–water partition coefficient (Wildman–Crippen LogP) is 1.81. The lowest BCUT2D eigenvalue weighted by atomic mass is 10.0. The normalized spacial score (nSPS) is 22.9. The van der Waals surface area contributed by atoms with Gasteiger partial charge in [0.15, 0.2) is 0 Å². The molecule has 0 aliphatic carbocycles. The third-order valence-corrected chi connectivity index (χ3v) is 3.53. The molecule has 1 aliphatic rings. The molecule has 0 amide bonds. The molecular weight excluding hydrogens is 192 g/mol. The van der Waals surface area contributed by atoms with Crippen molar-refractivity contribution in [2.24, 2.45) is 0 Å². The van der Waals surface area contributed by atoms with Crippen LogP contribution in [0.25, 0.3) is 0 Å². The van der Waals surface area contributed by atoms with Gasteiger partial charge in [0.25, 0.3) is 0 Å². The van der Waals surface area contributed by atoms with Crippen LogP contribution in [-0.4, -0.2) is 49.6 Å². The van der Waals surface area contributed by atoms with E-state index in [-0.39, 0.29) is 0 Å². The molecule has 1 aliphatic heterocycles. The lowest BCUT2D eigenvalue weighted by Gasteiger charge is -2.28. The van der Waals surface area contributed by atoms with Gasteiger partial charge in [-0.1, -0.05) is 6.42 Å². The molecule has 0 saturated carbocycles. The molecule has 1 fully saturated rings. The zero-order chi connectivity index (χ0) is 10.2. The van der Waals surface area contributed by atoms with Crippen LogP contribution in [0.3, 0.4) is 0 Å². The number of nitrogens with zero attached hydrogens (tertiary/aromatic N) is 1. The van der Waals surface area contributed by atoms with Crippen molar-refractivity contribution < 1.29 is 0 Å². The third kappa shape index (κ3) is 5.23. The number of nitrogens with one attached hydrogen (secondary N) is 1. The first-order valence-corrected chi connectivity index (χ1v) is 7.13. The Hall–Kier alpha value is 0.270. The van der Waals surface area contributed by atoms with Crippen LogP contribution in [0.5, 0.6) is 0 Å². The largest absolute Gasteiger partial charge is 0.313 e. The van der Waals surface area contributed by atoms with Crippen LogP contribution in [-0.2, 0) is 0 Å². The maximum atomic E-state index is 3.59. The zero-order valence-electron chi connectivity index (χ0n) is 9.59. The summed E-state index contributed by atoms with van der Waals surface area (Å²) < 4.78 is 0. The summed E-state index contributed by atoms with van der Waals surface area (Å²) in [6.45, 7) is 3.71. The molecule has 0 radical (unpaired) electrons. The minimum atomic E-state index is 0.753. The predicted molar refractivity (Wildman–Crippen MR) is 66.1 cm³/mol. The van der Waals surface area contributed by atoms with Crippen molar-refractivity contribution in [3.8, 4) is 0 Å². The topological polar surface area (TPSA) is 15.3 Å². The van der Waals surface area contributed by atoms with Crippen molar-refractivity contribution in [2.75, 3.05) is 38.7 Å². The van der Waals surface area contributed by atoms with Gasteiger partial charge in [0.05, 0.1) is 0 Å². The van der Waals surface area contributed by atoms with Crippen LogP contribution in [0.2, 0.25) is 0 Å². The number of rotatable bonds is 6. The molecule has 3 heteroatoms. The minimum Gasteiger partial charge on any atom is -0.313 e. The fourth-order valence-corrected chi connectivity index (χ4v) is 2.44. The van der Waals surface area contributed by atoms with Crippen molar-refractivity contribution in [2.45, 2.75) is 31.7 Å². The van der Waals surface area contributed by atoms with Crippen LogP contribution in [0.4, 0.5) is 0 Å². The van der Waals surface area contributed by atoms with Crippen molar-refractivity contribution in [3.05, 3.63) is 0 Å². The van der Waals surface area contributed by atoms with Gasteiger partial charge in [-0.3, -0.25) is 0 Å². The quantitative estimate of drug-likeness (QED) is 0.682. The van der Waals surface area contributed by atoms with E-state index in [1.54, 1.807) is 0 Å². The summed E-state index contributed by atoms with van der Waals surface area (Å²) in [6, 6.07) is 0.753. The Bertz CT molecular complexity index is 135. The van der Waals surface area contributed by atoms with Crippen LogP contribution < -0.4 is 5.32 Å². The Morgan fingerprint density at radius 1 is 1.43 bits per heavy atom. The molecule has 0 aromatic carbocycles. The summed E-state index contributed by atoms with van der Waals surface area (Å²) in [5.41, 5.74) is 0. The number of thioether (sulfide) groups is 1. The molecule has 14 heavy (non-hydrogen) atoms. The second kappa shape index (κ2) is 7.55. The molecule has 0 bridgehead atoms. The lowest BCUT2D eigenvalue weighted by molar-refractivity contribution is 0.263. The fraction of sp³-hybridized carbons (Fsp3) is 1.00. The summed E-state index contributed by atoms with van der Waals surface area (Å²) in [4.78, 5) is 2.47. The van der Waals surface area contributed by atoms with E-state index in [9.17, 15) is 0 Å². The van der Waals surface area contributed by atoms with Crippen LogP contribution in [0.1, 0.15) is 25.7 Å². The smallest absolute Gasteiger partial charge is 0.0194 e. The Balaban J connectivity index is 2.03. The first-order chi connectivity index (χ1) is 6.83. The molecule has 0 aromatic heterocycles. The van der Waals surface area contributed by atoms with E-state index in [1.165, 1.54) is 51.1 Å². The third-order valence-electron chi connectivity index (χ3n) is 2.83. The van der Waals surface area contributed by atoms with E-state index in [2.05, 4.69) is 23.5 Å². The van der Waals surface area contributed by atoms with Gasteiger partial charge in [-0.05, 0) is 51.4 Å². The van der Waals surface area contributed by atoms with Crippen LogP contribution >= 0.6 is 11.8 Å². The summed E-state index contributed by atoms with van der Waals surface area (Å²) in [7, 11) is 2.25. The average Bonchev–Trinajstić information content (AvgIpc) is 2.20. The number of hydrogen-bond donors (Lipinski definition) is 1. The van der Waals surface area contributed by atoms with Gasteiger partial charge in [-0.25, -0.2) is 0 Å². The van der Waals surface area contributed by atoms with Gasteiger partial charge >= 0.3 is 0 Å². The van der Waals surface area contributed by atoms with Gasteiger partial charge < -0.3 is 10.2 Å². The fourth-order valence-electron chi connectivity index (χ4n) is 2.03. The van der Waals surface area contributed by atoms with Crippen molar-refractivity contribution in [1.29, 1.82) is 0 Å². The highest BCUT2D eigenvalue weighted by Crippen LogP contribution is 2.08.